The fourth-order valence-corrected chi connectivity index (χ4v) is 1.61. The van der Waals surface area contributed by atoms with Gasteiger partial charge in [-0.25, -0.2) is 0 Å². The highest BCUT2D eigenvalue weighted by atomic mass is 16.5. The fourth-order valence-electron chi connectivity index (χ4n) is 1.61. The van der Waals surface area contributed by atoms with Gasteiger partial charge in [-0.1, -0.05) is 13.8 Å². The van der Waals surface area contributed by atoms with Gasteiger partial charge >= 0.3 is 0 Å². The molecule has 0 saturated heterocycles. The van der Waals surface area contributed by atoms with Crippen molar-refractivity contribution in [1.29, 1.82) is 0 Å². The molecule has 4 nitrogen and oxygen atoms in total. The Morgan fingerprint density at radius 1 is 1.29 bits per heavy atom. The number of nitrogens with two attached hydrogens (primary N) is 1. The van der Waals surface area contributed by atoms with E-state index in [1.54, 1.807) is 0 Å². The normalized spacial score (nSPS) is 14.7. The van der Waals surface area contributed by atoms with Gasteiger partial charge < -0.3 is 15.8 Å². The lowest BCUT2D eigenvalue weighted by Crippen LogP contribution is -2.29. The smallest absolute Gasteiger partial charge is 0.222 e. The van der Waals surface area contributed by atoms with Crippen LogP contribution in [0.1, 0.15) is 47.0 Å². The van der Waals surface area contributed by atoms with Crippen molar-refractivity contribution in [3.05, 3.63) is 0 Å². The van der Waals surface area contributed by atoms with Crippen molar-refractivity contribution in [2.45, 2.75) is 59.1 Å². The van der Waals surface area contributed by atoms with Gasteiger partial charge in [0.25, 0.3) is 0 Å². The molecule has 3 N–H and O–H groups in total. The third-order valence-corrected chi connectivity index (χ3v) is 2.46. The van der Waals surface area contributed by atoms with Gasteiger partial charge in [0.05, 0.1) is 12.7 Å². The molecule has 0 fully saturated rings. The number of hydrogen-bond acceptors (Lipinski definition) is 3. The summed E-state index contributed by atoms with van der Waals surface area (Å²) in [6.45, 7) is 9.47. The lowest BCUT2D eigenvalue weighted by molar-refractivity contribution is -0.122. The second-order valence-corrected chi connectivity index (χ2v) is 5.18. The van der Waals surface area contributed by atoms with E-state index in [2.05, 4.69) is 19.2 Å². The van der Waals surface area contributed by atoms with Gasteiger partial charge in [-0.2, -0.15) is 0 Å². The van der Waals surface area contributed by atoms with E-state index in [9.17, 15) is 4.79 Å². The third-order valence-electron chi connectivity index (χ3n) is 2.46. The van der Waals surface area contributed by atoms with E-state index >= 15 is 0 Å². The second-order valence-electron chi connectivity index (χ2n) is 5.18. The van der Waals surface area contributed by atoms with Gasteiger partial charge in [0.15, 0.2) is 0 Å². The molecule has 0 aliphatic heterocycles. The predicted octanol–water partition coefficient (Wildman–Crippen LogP) is 1.68. The monoisotopic (exact) mass is 244 g/mol. The summed E-state index contributed by atoms with van der Waals surface area (Å²) in [5.41, 5.74) is 5.59. The molecule has 2 atom stereocenters. The fraction of sp³-hybridized carbons (Fsp3) is 0.923. The highest BCUT2D eigenvalue weighted by Crippen LogP contribution is 2.07. The predicted molar refractivity (Wildman–Crippen MR) is 70.8 cm³/mol. The van der Waals surface area contributed by atoms with E-state index in [-0.39, 0.29) is 18.1 Å². The summed E-state index contributed by atoms with van der Waals surface area (Å²) in [4.78, 5) is 11.4. The SMILES string of the molecule is CC(C)CC(C)OCCC(=O)NCCC(C)N. The van der Waals surface area contributed by atoms with Gasteiger partial charge in [0.2, 0.25) is 5.91 Å². The van der Waals surface area contributed by atoms with E-state index in [1.807, 2.05) is 13.8 Å². The molecule has 0 aliphatic rings. The molecule has 0 spiro atoms. The van der Waals surface area contributed by atoms with Crippen LogP contribution in [0.5, 0.6) is 0 Å². The molecule has 0 radical (unpaired) electrons. The lowest BCUT2D eigenvalue weighted by Gasteiger charge is -2.15. The van der Waals surface area contributed by atoms with Gasteiger partial charge in [0, 0.05) is 19.0 Å². The summed E-state index contributed by atoms with van der Waals surface area (Å²) >= 11 is 0. The highest BCUT2D eigenvalue weighted by molar-refractivity contribution is 5.75. The minimum atomic E-state index is 0.0439. The molecule has 0 rings (SSSR count). The van der Waals surface area contributed by atoms with E-state index in [4.69, 9.17) is 10.5 Å². The Kier molecular flexibility index (Phi) is 9.09. The van der Waals surface area contributed by atoms with Crippen molar-refractivity contribution in [2.75, 3.05) is 13.2 Å². The molecule has 2 unspecified atom stereocenters. The Balaban J connectivity index is 3.44. The van der Waals surface area contributed by atoms with Crippen LogP contribution < -0.4 is 11.1 Å². The van der Waals surface area contributed by atoms with Crippen LogP contribution in [-0.4, -0.2) is 31.2 Å². The van der Waals surface area contributed by atoms with Crippen LogP contribution in [0.3, 0.4) is 0 Å². The minimum Gasteiger partial charge on any atom is -0.378 e. The molecule has 17 heavy (non-hydrogen) atoms. The summed E-state index contributed by atoms with van der Waals surface area (Å²) in [6.07, 6.45) is 2.51. The second kappa shape index (κ2) is 9.42. The largest absolute Gasteiger partial charge is 0.378 e. The van der Waals surface area contributed by atoms with Crippen LogP contribution >= 0.6 is 0 Å². The van der Waals surface area contributed by atoms with Gasteiger partial charge in [0.1, 0.15) is 0 Å². The average molecular weight is 244 g/mol. The number of carbonyl (C=O) groups is 1. The Hall–Kier alpha value is -0.610. The van der Waals surface area contributed by atoms with Crippen molar-refractivity contribution in [3.63, 3.8) is 0 Å². The van der Waals surface area contributed by atoms with Crippen LogP contribution in [0.2, 0.25) is 0 Å². The summed E-state index contributed by atoms with van der Waals surface area (Å²) in [5, 5.41) is 2.83. The summed E-state index contributed by atoms with van der Waals surface area (Å²) < 4.78 is 5.57. The zero-order valence-corrected chi connectivity index (χ0v) is 11.7. The van der Waals surface area contributed by atoms with Crippen molar-refractivity contribution in [3.8, 4) is 0 Å². The molecular weight excluding hydrogens is 216 g/mol. The zero-order valence-electron chi connectivity index (χ0n) is 11.7. The number of nitrogens with one attached hydrogen (secondary N) is 1. The van der Waals surface area contributed by atoms with Crippen molar-refractivity contribution in [2.24, 2.45) is 11.7 Å². The lowest BCUT2D eigenvalue weighted by atomic mass is 10.1. The molecule has 4 heteroatoms. The molecule has 0 aromatic heterocycles. The molecule has 0 bridgehead atoms. The standard InChI is InChI=1S/C13H28N2O2/c1-10(2)9-12(4)17-8-6-13(16)15-7-5-11(3)14/h10-12H,5-9,14H2,1-4H3,(H,15,16). The molecule has 0 aliphatic carbocycles. The van der Waals surface area contributed by atoms with Crippen LogP contribution in [0.4, 0.5) is 0 Å². The van der Waals surface area contributed by atoms with Crippen molar-refractivity contribution < 1.29 is 9.53 Å². The number of ether oxygens (including phenoxy) is 1. The number of hydrogen-bond donors (Lipinski definition) is 2. The topological polar surface area (TPSA) is 64.3 Å². The van der Waals surface area contributed by atoms with E-state index in [0.29, 0.717) is 25.5 Å². The minimum absolute atomic E-state index is 0.0439. The number of carbonyl (C=O) groups excluding carboxylic acids is 1. The van der Waals surface area contributed by atoms with Crippen molar-refractivity contribution >= 4 is 5.91 Å². The van der Waals surface area contributed by atoms with Gasteiger partial charge in [-0.3, -0.25) is 4.79 Å². The first-order valence-corrected chi connectivity index (χ1v) is 6.55. The molecule has 0 saturated carbocycles. The van der Waals surface area contributed by atoms with E-state index in [1.165, 1.54) is 0 Å². The molecule has 1 amide bonds. The van der Waals surface area contributed by atoms with Crippen LogP contribution in [0, 0.1) is 5.92 Å². The average Bonchev–Trinajstić information content (AvgIpc) is 2.15. The molecule has 0 aromatic rings. The quantitative estimate of drug-likeness (QED) is 0.648. The summed E-state index contributed by atoms with van der Waals surface area (Å²) in [6, 6.07) is 0.137. The third kappa shape index (κ3) is 11.6. The molecule has 0 heterocycles. The Labute approximate surface area is 105 Å². The molecule has 102 valence electrons. The van der Waals surface area contributed by atoms with Crippen molar-refractivity contribution in [1.82, 2.24) is 5.32 Å². The first kappa shape index (κ1) is 16.4. The Morgan fingerprint density at radius 3 is 2.47 bits per heavy atom. The van der Waals surface area contributed by atoms with E-state index < -0.39 is 0 Å². The molecule has 0 aromatic carbocycles. The maximum atomic E-state index is 11.4. The number of amides is 1. The van der Waals surface area contributed by atoms with Crippen LogP contribution in [-0.2, 0) is 9.53 Å². The maximum absolute atomic E-state index is 11.4. The van der Waals surface area contributed by atoms with Gasteiger partial charge in [-0.15, -0.1) is 0 Å². The number of rotatable bonds is 9. The van der Waals surface area contributed by atoms with Gasteiger partial charge in [-0.05, 0) is 32.6 Å². The summed E-state index contributed by atoms with van der Waals surface area (Å²) in [5.74, 6) is 0.673. The first-order chi connectivity index (χ1) is 7.91. The van der Waals surface area contributed by atoms with Crippen LogP contribution in [0.25, 0.3) is 0 Å². The Morgan fingerprint density at radius 2 is 1.94 bits per heavy atom. The zero-order chi connectivity index (χ0) is 13.3. The Bertz CT molecular complexity index is 206. The van der Waals surface area contributed by atoms with Crippen LogP contribution in [0.15, 0.2) is 0 Å². The summed E-state index contributed by atoms with van der Waals surface area (Å²) in [7, 11) is 0. The molecular formula is C13H28N2O2. The van der Waals surface area contributed by atoms with E-state index in [0.717, 1.165) is 12.8 Å². The maximum Gasteiger partial charge on any atom is 0.222 e. The first-order valence-electron chi connectivity index (χ1n) is 6.55. The highest BCUT2D eigenvalue weighted by Gasteiger charge is 2.07.